The van der Waals surface area contributed by atoms with E-state index in [0.29, 0.717) is 19.1 Å². The Morgan fingerprint density at radius 1 is 1.43 bits per heavy atom. The minimum Gasteiger partial charge on any atom is -0.396 e. The van der Waals surface area contributed by atoms with E-state index in [1.807, 2.05) is 0 Å². The maximum absolute atomic E-state index is 9.59. The molecule has 2 unspecified atom stereocenters. The van der Waals surface area contributed by atoms with Gasteiger partial charge in [0.15, 0.2) is 0 Å². The fraction of sp³-hybridized carbons (Fsp3) is 1.00. The van der Waals surface area contributed by atoms with Crippen LogP contribution in [-0.4, -0.2) is 60.7 Å². The smallest absolute Gasteiger partial charge is 0.0704 e. The molecule has 0 aromatic rings. The van der Waals surface area contributed by atoms with Crippen molar-refractivity contribution in [3.8, 4) is 0 Å². The van der Waals surface area contributed by atoms with Crippen molar-refractivity contribution < 1.29 is 14.9 Å². The SMILES string of the molecule is CC1CN(CC2(CO)COC2)CC1O. The summed E-state index contributed by atoms with van der Waals surface area (Å²) in [5, 5.41) is 18.9. The molecular weight excluding hydrogens is 182 g/mol. The third-order valence-corrected chi connectivity index (χ3v) is 3.36. The molecule has 2 atom stereocenters. The Labute approximate surface area is 84.5 Å². The van der Waals surface area contributed by atoms with E-state index >= 15 is 0 Å². The van der Waals surface area contributed by atoms with E-state index in [-0.39, 0.29) is 18.1 Å². The first-order chi connectivity index (χ1) is 6.65. The van der Waals surface area contributed by atoms with Crippen LogP contribution in [0.4, 0.5) is 0 Å². The van der Waals surface area contributed by atoms with Crippen molar-refractivity contribution in [3.05, 3.63) is 0 Å². The average Bonchev–Trinajstić information content (AvgIpc) is 2.39. The zero-order chi connectivity index (χ0) is 10.2. The number of rotatable bonds is 3. The summed E-state index contributed by atoms with van der Waals surface area (Å²) < 4.78 is 5.14. The van der Waals surface area contributed by atoms with Crippen LogP contribution in [0, 0.1) is 11.3 Å². The van der Waals surface area contributed by atoms with Gasteiger partial charge in [-0.1, -0.05) is 6.92 Å². The predicted molar refractivity (Wildman–Crippen MR) is 51.9 cm³/mol. The van der Waals surface area contributed by atoms with Crippen LogP contribution in [0.25, 0.3) is 0 Å². The van der Waals surface area contributed by atoms with Gasteiger partial charge < -0.3 is 14.9 Å². The van der Waals surface area contributed by atoms with E-state index in [2.05, 4.69) is 11.8 Å². The molecule has 0 aromatic carbocycles. The summed E-state index contributed by atoms with van der Waals surface area (Å²) in [6, 6.07) is 0. The van der Waals surface area contributed by atoms with E-state index < -0.39 is 0 Å². The third kappa shape index (κ3) is 1.80. The van der Waals surface area contributed by atoms with Gasteiger partial charge in [-0.05, 0) is 5.92 Å². The molecule has 0 spiro atoms. The predicted octanol–water partition coefficient (Wildman–Crippen LogP) is -0.692. The highest BCUT2D eigenvalue weighted by Gasteiger charge is 2.41. The molecule has 4 heteroatoms. The van der Waals surface area contributed by atoms with Gasteiger partial charge in [0.05, 0.1) is 31.3 Å². The molecule has 0 amide bonds. The van der Waals surface area contributed by atoms with Crippen molar-refractivity contribution in [1.29, 1.82) is 0 Å². The molecule has 2 N–H and O–H groups in total. The van der Waals surface area contributed by atoms with Crippen molar-refractivity contribution in [2.45, 2.75) is 13.0 Å². The van der Waals surface area contributed by atoms with Crippen LogP contribution in [0.2, 0.25) is 0 Å². The van der Waals surface area contributed by atoms with Gasteiger partial charge in [-0.15, -0.1) is 0 Å². The first kappa shape index (κ1) is 10.4. The number of aliphatic hydroxyl groups is 2. The van der Waals surface area contributed by atoms with E-state index in [0.717, 1.165) is 19.6 Å². The molecule has 0 aromatic heterocycles. The van der Waals surface area contributed by atoms with E-state index in [9.17, 15) is 10.2 Å². The van der Waals surface area contributed by atoms with Crippen molar-refractivity contribution in [1.82, 2.24) is 4.90 Å². The lowest BCUT2D eigenvalue weighted by Gasteiger charge is -2.42. The molecule has 2 heterocycles. The Balaban J connectivity index is 1.86. The van der Waals surface area contributed by atoms with Crippen LogP contribution < -0.4 is 0 Å². The normalized spacial score (nSPS) is 37.1. The molecule has 0 radical (unpaired) electrons. The summed E-state index contributed by atoms with van der Waals surface area (Å²) in [6.45, 7) is 6.09. The minimum absolute atomic E-state index is 0.0518. The maximum atomic E-state index is 9.59. The quantitative estimate of drug-likeness (QED) is 0.634. The molecule has 0 saturated carbocycles. The second kappa shape index (κ2) is 3.77. The maximum Gasteiger partial charge on any atom is 0.0704 e. The summed E-state index contributed by atoms with van der Waals surface area (Å²) >= 11 is 0. The standard InChI is InChI=1S/C10H19NO3/c1-8-2-11(3-9(8)13)4-10(5-12)6-14-7-10/h8-9,12-13H,2-7H2,1H3. The average molecular weight is 201 g/mol. The van der Waals surface area contributed by atoms with E-state index in [1.54, 1.807) is 0 Å². The van der Waals surface area contributed by atoms with E-state index in [4.69, 9.17) is 4.74 Å². The van der Waals surface area contributed by atoms with Crippen LogP contribution in [0.15, 0.2) is 0 Å². The zero-order valence-electron chi connectivity index (χ0n) is 8.65. The Morgan fingerprint density at radius 3 is 2.50 bits per heavy atom. The highest BCUT2D eigenvalue weighted by molar-refractivity contribution is 4.91. The van der Waals surface area contributed by atoms with Crippen LogP contribution >= 0.6 is 0 Å². The second-order valence-electron chi connectivity index (χ2n) is 4.89. The molecule has 2 fully saturated rings. The van der Waals surface area contributed by atoms with Crippen molar-refractivity contribution >= 4 is 0 Å². The number of likely N-dealkylation sites (tertiary alicyclic amines) is 1. The highest BCUT2D eigenvalue weighted by Crippen LogP contribution is 2.30. The zero-order valence-corrected chi connectivity index (χ0v) is 8.65. The Hall–Kier alpha value is -0.160. The molecule has 0 bridgehead atoms. The van der Waals surface area contributed by atoms with Gasteiger partial charge in [0.1, 0.15) is 0 Å². The highest BCUT2D eigenvalue weighted by atomic mass is 16.5. The summed E-state index contributed by atoms with van der Waals surface area (Å²) in [5.41, 5.74) is -0.0518. The van der Waals surface area contributed by atoms with Gasteiger partial charge in [-0.2, -0.15) is 0 Å². The van der Waals surface area contributed by atoms with Crippen LogP contribution in [0.1, 0.15) is 6.92 Å². The van der Waals surface area contributed by atoms with Gasteiger partial charge in [0, 0.05) is 19.6 Å². The molecule has 2 rings (SSSR count). The molecule has 82 valence electrons. The lowest BCUT2D eigenvalue weighted by Crippen LogP contribution is -2.53. The Kier molecular flexibility index (Phi) is 2.79. The van der Waals surface area contributed by atoms with Crippen molar-refractivity contribution in [2.24, 2.45) is 11.3 Å². The third-order valence-electron chi connectivity index (χ3n) is 3.36. The van der Waals surface area contributed by atoms with Gasteiger partial charge in [-0.25, -0.2) is 0 Å². The molecule has 14 heavy (non-hydrogen) atoms. The topological polar surface area (TPSA) is 52.9 Å². The van der Waals surface area contributed by atoms with Crippen molar-refractivity contribution in [3.63, 3.8) is 0 Å². The molecule has 2 aliphatic rings. The van der Waals surface area contributed by atoms with Gasteiger partial charge in [0.25, 0.3) is 0 Å². The number of ether oxygens (including phenoxy) is 1. The fourth-order valence-corrected chi connectivity index (χ4v) is 2.27. The van der Waals surface area contributed by atoms with Gasteiger partial charge in [0.2, 0.25) is 0 Å². The molecule has 4 nitrogen and oxygen atoms in total. The first-order valence-electron chi connectivity index (χ1n) is 5.24. The van der Waals surface area contributed by atoms with Crippen LogP contribution in [0.3, 0.4) is 0 Å². The Morgan fingerprint density at radius 2 is 2.14 bits per heavy atom. The van der Waals surface area contributed by atoms with Gasteiger partial charge >= 0.3 is 0 Å². The number of aliphatic hydroxyl groups excluding tert-OH is 2. The molecular formula is C10H19NO3. The van der Waals surface area contributed by atoms with E-state index in [1.165, 1.54) is 0 Å². The lowest BCUT2D eigenvalue weighted by atomic mass is 9.86. The number of hydrogen-bond acceptors (Lipinski definition) is 4. The number of nitrogens with zero attached hydrogens (tertiary/aromatic N) is 1. The van der Waals surface area contributed by atoms with Crippen molar-refractivity contribution in [2.75, 3.05) is 39.5 Å². The largest absolute Gasteiger partial charge is 0.396 e. The monoisotopic (exact) mass is 201 g/mol. The number of β-amino-alcohol motifs (C(OH)–C–C–N with tert-alkyl or cyclic N) is 1. The molecule has 2 aliphatic heterocycles. The summed E-state index contributed by atoms with van der Waals surface area (Å²) in [6.07, 6.45) is -0.202. The fourth-order valence-electron chi connectivity index (χ4n) is 2.27. The van der Waals surface area contributed by atoms with Gasteiger partial charge in [-0.3, -0.25) is 4.90 Å². The minimum atomic E-state index is -0.202. The van der Waals surface area contributed by atoms with Crippen LogP contribution in [0.5, 0.6) is 0 Å². The second-order valence-corrected chi connectivity index (χ2v) is 4.89. The first-order valence-corrected chi connectivity index (χ1v) is 5.24. The molecule has 0 aliphatic carbocycles. The summed E-state index contributed by atoms with van der Waals surface area (Å²) in [4.78, 5) is 2.23. The summed E-state index contributed by atoms with van der Waals surface area (Å²) in [7, 11) is 0. The van der Waals surface area contributed by atoms with Crippen LogP contribution in [-0.2, 0) is 4.74 Å². The lowest BCUT2D eigenvalue weighted by molar-refractivity contribution is -0.147. The molecule has 2 saturated heterocycles. The Bertz CT molecular complexity index is 190. The summed E-state index contributed by atoms with van der Waals surface area (Å²) in [5.74, 6) is 0.353. The number of hydrogen-bond donors (Lipinski definition) is 2.